The van der Waals surface area contributed by atoms with Crippen LogP contribution in [0.15, 0.2) is 17.6 Å². The molecular weight excluding hydrogens is 288 g/mol. The summed E-state index contributed by atoms with van der Waals surface area (Å²) in [5.41, 5.74) is 0. The number of hydrogen-bond acceptors (Lipinski definition) is 4. The number of aryl methyl sites for hydroxylation is 1. The van der Waals surface area contributed by atoms with Gasteiger partial charge in [0.2, 0.25) is 0 Å². The number of nitrogens with zero attached hydrogens (tertiary/aromatic N) is 2. The van der Waals surface area contributed by atoms with Gasteiger partial charge in [-0.3, -0.25) is 0 Å². The fourth-order valence-electron chi connectivity index (χ4n) is 2.67. The van der Waals surface area contributed by atoms with Crippen LogP contribution in [-0.4, -0.2) is 37.1 Å². The van der Waals surface area contributed by atoms with Crippen molar-refractivity contribution in [3.05, 3.63) is 12.5 Å². The van der Waals surface area contributed by atoms with E-state index in [0.717, 1.165) is 0 Å². The van der Waals surface area contributed by atoms with Crippen molar-refractivity contribution in [2.24, 2.45) is 0 Å². The van der Waals surface area contributed by atoms with Crippen LogP contribution in [0.2, 0.25) is 0 Å². The average molecular weight is 314 g/mol. The second-order valence-electron chi connectivity index (χ2n) is 5.58. The van der Waals surface area contributed by atoms with Gasteiger partial charge in [0, 0.05) is 31.9 Å². The van der Waals surface area contributed by atoms with E-state index in [9.17, 15) is 8.42 Å². The molecule has 2 N–H and O–H groups in total. The summed E-state index contributed by atoms with van der Waals surface area (Å²) < 4.78 is 28.5. The van der Waals surface area contributed by atoms with Crippen LogP contribution in [-0.2, 0) is 16.6 Å². The van der Waals surface area contributed by atoms with Gasteiger partial charge in [-0.05, 0) is 19.8 Å². The molecule has 7 heteroatoms. The molecule has 1 aliphatic carbocycles. The highest BCUT2D eigenvalue weighted by Gasteiger charge is 2.17. The molecule has 0 bridgehead atoms. The monoisotopic (exact) mass is 314 g/mol. The highest BCUT2D eigenvalue weighted by Crippen LogP contribution is 2.16. The van der Waals surface area contributed by atoms with Crippen molar-refractivity contribution in [3.63, 3.8) is 0 Å². The number of hydrogen-bond donors (Lipinski definition) is 2. The van der Waals surface area contributed by atoms with E-state index >= 15 is 0 Å². The lowest BCUT2D eigenvalue weighted by Gasteiger charge is -2.16. The van der Waals surface area contributed by atoms with Gasteiger partial charge in [-0.2, -0.15) is 0 Å². The molecule has 0 aliphatic heterocycles. The van der Waals surface area contributed by atoms with Gasteiger partial charge >= 0.3 is 0 Å². The van der Waals surface area contributed by atoms with Gasteiger partial charge in [0.15, 0.2) is 5.03 Å². The Hall–Kier alpha value is -0.920. The maximum absolute atomic E-state index is 12.1. The lowest BCUT2D eigenvalue weighted by Crippen LogP contribution is -2.36. The molecule has 0 aromatic carbocycles. The summed E-state index contributed by atoms with van der Waals surface area (Å²) in [4.78, 5) is 3.93. The Kier molecular flexibility index (Phi) is 6.20. The summed E-state index contributed by atoms with van der Waals surface area (Å²) in [6.45, 7) is 3.73. The molecule has 1 aromatic rings. The van der Waals surface area contributed by atoms with Gasteiger partial charge in [0.1, 0.15) is 0 Å². The number of rotatable bonds is 7. The second-order valence-corrected chi connectivity index (χ2v) is 7.30. The third-order valence-electron chi connectivity index (χ3n) is 3.96. The highest BCUT2D eigenvalue weighted by atomic mass is 32.2. The van der Waals surface area contributed by atoms with Crippen LogP contribution in [0.3, 0.4) is 0 Å². The van der Waals surface area contributed by atoms with Crippen LogP contribution in [0.1, 0.15) is 45.4 Å². The van der Waals surface area contributed by atoms with Gasteiger partial charge in [-0.25, -0.2) is 18.1 Å². The summed E-state index contributed by atoms with van der Waals surface area (Å²) in [7, 11) is -3.48. The molecule has 1 saturated carbocycles. The molecule has 0 amide bonds. The fourth-order valence-corrected chi connectivity index (χ4v) is 3.65. The normalized spacial score (nSPS) is 17.8. The highest BCUT2D eigenvalue weighted by molar-refractivity contribution is 7.89. The molecule has 1 aromatic heterocycles. The third-order valence-corrected chi connectivity index (χ3v) is 5.30. The molecular formula is C14H26N4O2S. The minimum Gasteiger partial charge on any atom is -0.336 e. The zero-order valence-corrected chi connectivity index (χ0v) is 13.5. The Labute approximate surface area is 127 Å². The topological polar surface area (TPSA) is 76.0 Å². The van der Waals surface area contributed by atoms with Crippen molar-refractivity contribution in [1.29, 1.82) is 0 Å². The van der Waals surface area contributed by atoms with Crippen molar-refractivity contribution < 1.29 is 8.42 Å². The fraction of sp³-hybridized carbons (Fsp3) is 0.786. The maximum atomic E-state index is 12.1. The van der Waals surface area contributed by atoms with Crippen LogP contribution < -0.4 is 10.0 Å². The smallest absolute Gasteiger partial charge is 0.259 e. The molecule has 1 heterocycles. The van der Waals surface area contributed by atoms with E-state index in [-0.39, 0.29) is 5.03 Å². The summed E-state index contributed by atoms with van der Waals surface area (Å²) in [5, 5.41) is 3.55. The minimum absolute atomic E-state index is 0.0961. The van der Waals surface area contributed by atoms with Crippen molar-refractivity contribution in [2.45, 2.75) is 63.1 Å². The van der Waals surface area contributed by atoms with Crippen molar-refractivity contribution in [3.8, 4) is 0 Å². The van der Waals surface area contributed by atoms with Crippen LogP contribution in [0.25, 0.3) is 0 Å². The molecule has 0 spiro atoms. The predicted molar refractivity (Wildman–Crippen MR) is 82.6 cm³/mol. The van der Waals surface area contributed by atoms with Gasteiger partial charge in [-0.1, -0.05) is 25.7 Å². The molecule has 1 fully saturated rings. The van der Waals surface area contributed by atoms with Gasteiger partial charge < -0.3 is 9.88 Å². The van der Waals surface area contributed by atoms with Crippen LogP contribution in [0.5, 0.6) is 0 Å². The SMILES string of the molecule is CCn1cnc(S(=O)(=O)NCCNC2CCCCCC2)c1. The van der Waals surface area contributed by atoms with Crippen LogP contribution in [0.4, 0.5) is 0 Å². The van der Waals surface area contributed by atoms with E-state index in [1.165, 1.54) is 38.5 Å². The quantitative estimate of drug-likeness (QED) is 0.590. The third kappa shape index (κ3) is 5.09. The van der Waals surface area contributed by atoms with Crippen molar-refractivity contribution in [1.82, 2.24) is 19.6 Å². The van der Waals surface area contributed by atoms with E-state index in [1.54, 1.807) is 17.1 Å². The van der Waals surface area contributed by atoms with Gasteiger partial charge in [0.25, 0.3) is 10.0 Å². The molecule has 0 atom stereocenters. The molecule has 21 heavy (non-hydrogen) atoms. The Balaban J connectivity index is 1.74. The number of sulfonamides is 1. The standard InChI is InChI=1S/C14H26N4O2S/c1-2-18-11-14(16-12-18)21(19,20)17-10-9-15-13-7-5-3-4-6-8-13/h11-13,15,17H,2-10H2,1H3. The first-order valence-electron chi connectivity index (χ1n) is 7.86. The zero-order valence-electron chi connectivity index (χ0n) is 12.7. The lowest BCUT2D eigenvalue weighted by atomic mass is 10.1. The van der Waals surface area contributed by atoms with E-state index in [1.807, 2.05) is 6.92 Å². The molecule has 1 aliphatic rings. The molecule has 6 nitrogen and oxygen atoms in total. The Bertz CT molecular complexity index is 519. The van der Waals surface area contributed by atoms with Crippen molar-refractivity contribution in [2.75, 3.05) is 13.1 Å². The first kappa shape index (κ1) is 16.5. The van der Waals surface area contributed by atoms with Crippen molar-refractivity contribution >= 4 is 10.0 Å². The second kappa shape index (κ2) is 7.91. The van der Waals surface area contributed by atoms with Gasteiger partial charge in [0.05, 0.1) is 6.33 Å². The molecule has 0 radical (unpaired) electrons. The van der Waals surface area contributed by atoms with E-state index < -0.39 is 10.0 Å². The van der Waals surface area contributed by atoms with Crippen LogP contribution in [0, 0.1) is 0 Å². The Morgan fingerprint density at radius 3 is 2.57 bits per heavy atom. The molecule has 0 unspecified atom stereocenters. The molecule has 2 rings (SSSR count). The largest absolute Gasteiger partial charge is 0.336 e. The molecule has 120 valence electrons. The Morgan fingerprint density at radius 1 is 1.24 bits per heavy atom. The van der Waals surface area contributed by atoms with E-state index in [2.05, 4.69) is 15.0 Å². The lowest BCUT2D eigenvalue weighted by molar-refractivity contribution is 0.461. The number of aromatic nitrogens is 2. The van der Waals surface area contributed by atoms with Crippen LogP contribution >= 0.6 is 0 Å². The average Bonchev–Trinajstić information content (AvgIpc) is 2.82. The number of nitrogens with one attached hydrogen (secondary N) is 2. The minimum atomic E-state index is -3.48. The summed E-state index contributed by atoms with van der Waals surface area (Å²) >= 11 is 0. The predicted octanol–water partition coefficient (Wildman–Crippen LogP) is 1.49. The first-order chi connectivity index (χ1) is 10.1. The summed E-state index contributed by atoms with van der Waals surface area (Å²) in [6.07, 6.45) is 10.7. The van der Waals surface area contributed by atoms with E-state index in [4.69, 9.17) is 0 Å². The maximum Gasteiger partial charge on any atom is 0.259 e. The zero-order chi connectivity index (χ0) is 15.1. The first-order valence-corrected chi connectivity index (χ1v) is 9.35. The van der Waals surface area contributed by atoms with Gasteiger partial charge in [-0.15, -0.1) is 0 Å². The summed E-state index contributed by atoms with van der Waals surface area (Å²) in [6, 6.07) is 0.538. The Morgan fingerprint density at radius 2 is 1.95 bits per heavy atom. The summed E-state index contributed by atoms with van der Waals surface area (Å²) in [5.74, 6) is 0. The number of imidazole rings is 1. The van der Waals surface area contributed by atoms with E-state index in [0.29, 0.717) is 25.7 Å². The molecule has 0 saturated heterocycles.